The summed E-state index contributed by atoms with van der Waals surface area (Å²) in [7, 11) is 0. The van der Waals surface area contributed by atoms with Gasteiger partial charge < -0.3 is 10.1 Å². The third kappa shape index (κ3) is 1.65. The third-order valence-electron chi connectivity index (χ3n) is 2.31. The first kappa shape index (κ1) is 8.51. The van der Waals surface area contributed by atoms with Gasteiger partial charge in [0, 0.05) is 12.1 Å². The molecule has 1 aliphatic heterocycles. The first-order chi connectivity index (χ1) is 6.42. The third-order valence-corrected chi connectivity index (χ3v) is 2.31. The van der Waals surface area contributed by atoms with Crippen molar-refractivity contribution in [2.24, 2.45) is 0 Å². The summed E-state index contributed by atoms with van der Waals surface area (Å²) in [6.07, 6.45) is 0.999. The monoisotopic (exact) mass is 181 g/mol. The van der Waals surface area contributed by atoms with E-state index in [-0.39, 0.29) is 0 Å². The van der Waals surface area contributed by atoms with Crippen molar-refractivity contribution in [2.45, 2.75) is 13.0 Å². The van der Waals surface area contributed by atoms with Gasteiger partial charge in [0.05, 0.1) is 0 Å². The summed E-state index contributed by atoms with van der Waals surface area (Å²) < 4.78 is 16.9. The quantitative estimate of drug-likeness (QED) is 0.748. The number of halogens is 1. The second-order valence-electron chi connectivity index (χ2n) is 3.07. The summed E-state index contributed by atoms with van der Waals surface area (Å²) in [5.41, 5.74) is 2.37. The van der Waals surface area contributed by atoms with E-state index in [1.807, 2.05) is 12.1 Å². The van der Waals surface area contributed by atoms with Gasteiger partial charge in [0.25, 0.3) is 0 Å². The number of alkyl halides is 1. The van der Waals surface area contributed by atoms with Crippen LogP contribution < -0.4 is 10.1 Å². The highest BCUT2D eigenvalue weighted by Crippen LogP contribution is 2.24. The lowest BCUT2D eigenvalue weighted by Crippen LogP contribution is -2.24. The molecule has 13 heavy (non-hydrogen) atoms. The number of benzene rings is 1. The van der Waals surface area contributed by atoms with Crippen LogP contribution in [0.25, 0.3) is 0 Å². The van der Waals surface area contributed by atoms with E-state index in [9.17, 15) is 4.39 Å². The zero-order valence-electron chi connectivity index (χ0n) is 7.35. The Morgan fingerprint density at radius 3 is 3.23 bits per heavy atom. The van der Waals surface area contributed by atoms with E-state index in [4.69, 9.17) is 4.74 Å². The average molecular weight is 181 g/mol. The van der Waals surface area contributed by atoms with Gasteiger partial charge in [-0.2, -0.15) is 0 Å². The molecule has 0 aromatic heterocycles. The van der Waals surface area contributed by atoms with Gasteiger partial charge in [0.2, 0.25) is 6.86 Å². The van der Waals surface area contributed by atoms with E-state index in [2.05, 4.69) is 11.4 Å². The molecule has 0 spiro atoms. The second-order valence-corrected chi connectivity index (χ2v) is 3.07. The SMILES string of the molecule is FCOc1cccc2c1CNCC2. The topological polar surface area (TPSA) is 21.3 Å². The van der Waals surface area contributed by atoms with Gasteiger partial charge in [-0.3, -0.25) is 0 Å². The van der Waals surface area contributed by atoms with Crippen molar-refractivity contribution in [2.75, 3.05) is 13.4 Å². The maximum absolute atomic E-state index is 12.0. The Morgan fingerprint density at radius 2 is 2.38 bits per heavy atom. The molecule has 1 aromatic carbocycles. The van der Waals surface area contributed by atoms with Crippen molar-refractivity contribution in [3.8, 4) is 5.75 Å². The number of nitrogens with one attached hydrogen (secondary N) is 1. The Morgan fingerprint density at radius 1 is 1.46 bits per heavy atom. The van der Waals surface area contributed by atoms with E-state index >= 15 is 0 Å². The molecule has 3 heteroatoms. The van der Waals surface area contributed by atoms with Crippen molar-refractivity contribution < 1.29 is 9.13 Å². The van der Waals surface area contributed by atoms with Crippen LogP contribution >= 0.6 is 0 Å². The van der Waals surface area contributed by atoms with E-state index < -0.39 is 6.86 Å². The van der Waals surface area contributed by atoms with Crippen LogP contribution in [-0.2, 0) is 13.0 Å². The van der Waals surface area contributed by atoms with Gasteiger partial charge in [0.15, 0.2) is 0 Å². The van der Waals surface area contributed by atoms with Crippen molar-refractivity contribution in [3.63, 3.8) is 0 Å². The minimum absolute atomic E-state index is 0.673. The van der Waals surface area contributed by atoms with Crippen molar-refractivity contribution >= 4 is 0 Å². The molecule has 1 N–H and O–H groups in total. The summed E-state index contributed by atoms with van der Waals surface area (Å²) >= 11 is 0. The Kier molecular flexibility index (Phi) is 2.45. The Balaban J connectivity index is 2.34. The molecule has 2 nitrogen and oxygen atoms in total. The summed E-state index contributed by atoms with van der Waals surface area (Å²) in [6, 6.07) is 5.79. The standard InChI is InChI=1S/C10H12FNO/c11-7-13-10-3-1-2-8-4-5-12-6-9(8)10/h1-3,12H,4-7H2. The second kappa shape index (κ2) is 3.75. The number of hydrogen-bond acceptors (Lipinski definition) is 2. The predicted molar refractivity (Wildman–Crippen MR) is 48.5 cm³/mol. The van der Waals surface area contributed by atoms with Crippen LogP contribution in [0.3, 0.4) is 0 Å². The molecular weight excluding hydrogens is 169 g/mol. The minimum atomic E-state index is -0.754. The van der Waals surface area contributed by atoms with Crippen molar-refractivity contribution in [1.82, 2.24) is 5.32 Å². The molecule has 0 radical (unpaired) electrons. The van der Waals surface area contributed by atoms with E-state index in [0.29, 0.717) is 5.75 Å². The molecule has 0 unspecified atom stereocenters. The van der Waals surface area contributed by atoms with E-state index in [1.54, 1.807) is 0 Å². The first-order valence-corrected chi connectivity index (χ1v) is 4.42. The van der Waals surface area contributed by atoms with Gasteiger partial charge >= 0.3 is 0 Å². The van der Waals surface area contributed by atoms with Crippen molar-refractivity contribution in [3.05, 3.63) is 29.3 Å². The van der Waals surface area contributed by atoms with Gasteiger partial charge in [-0.25, -0.2) is 4.39 Å². The van der Waals surface area contributed by atoms with Crippen LogP contribution in [0, 0.1) is 0 Å². The number of hydrogen-bond donors (Lipinski definition) is 1. The zero-order valence-corrected chi connectivity index (χ0v) is 7.35. The molecule has 0 fully saturated rings. The lowest BCUT2D eigenvalue weighted by Gasteiger charge is -2.19. The van der Waals surface area contributed by atoms with E-state index in [1.165, 1.54) is 5.56 Å². The lowest BCUT2D eigenvalue weighted by molar-refractivity contribution is 0.189. The molecule has 0 atom stereocenters. The summed E-state index contributed by atoms with van der Waals surface area (Å²) in [6.45, 7) is 1.02. The van der Waals surface area contributed by atoms with Crippen LogP contribution in [0.1, 0.15) is 11.1 Å². The highest BCUT2D eigenvalue weighted by Gasteiger charge is 2.12. The minimum Gasteiger partial charge on any atom is -0.463 e. The summed E-state index contributed by atoms with van der Waals surface area (Å²) in [4.78, 5) is 0. The maximum atomic E-state index is 12.0. The Labute approximate surface area is 76.7 Å². The Bertz CT molecular complexity index is 301. The maximum Gasteiger partial charge on any atom is 0.228 e. The molecule has 1 aliphatic rings. The van der Waals surface area contributed by atoms with Gasteiger partial charge in [-0.15, -0.1) is 0 Å². The first-order valence-electron chi connectivity index (χ1n) is 4.42. The van der Waals surface area contributed by atoms with Crippen LogP contribution in [0.5, 0.6) is 5.75 Å². The predicted octanol–water partition coefficient (Wildman–Crippen LogP) is 1.64. The molecule has 2 rings (SSSR count). The normalized spacial score (nSPS) is 15.2. The molecule has 1 heterocycles. The molecular formula is C10H12FNO. The molecule has 0 aliphatic carbocycles. The largest absolute Gasteiger partial charge is 0.463 e. The number of ether oxygens (including phenoxy) is 1. The van der Waals surface area contributed by atoms with E-state index in [0.717, 1.165) is 25.1 Å². The van der Waals surface area contributed by atoms with Gasteiger partial charge in [0.1, 0.15) is 5.75 Å². The van der Waals surface area contributed by atoms with Gasteiger partial charge in [-0.05, 0) is 24.6 Å². The molecule has 0 saturated carbocycles. The summed E-state index contributed by atoms with van der Waals surface area (Å²) in [5.74, 6) is 0.673. The van der Waals surface area contributed by atoms with Crippen molar-refractivity contribution in [1.29, 1.82) is 0 Å². The fourth-order valence-corrected chi connectivity index (χ4v) is 1.68. The van der Waals surface area contributed by atoms with Crippen LogP contribution in [0.2, 0.25) is 0 Å². The fraction of sp³-hybridized carbons (Fsp3) is 0.400. The molecule has 0 saturated heterocycles. The number of rotatable bonds is 2. The smallest absolute Gasteiger partial charge is 0.228 e. The molecule has 1 aromatic rings. The molecule has 0 bridgehead atoms. The zero-order chi connectivity index (χ0) is 9.10. The van der Waals surface area contributed by atoms with Crippen LogP contribution in [0.4, 0.5) is 4.39 Å². The summed E-state index contributed by atoms with van der Waals surface area (Å²) in [5, 5.41) is 3.24. The highest BCUT2D eigenvalue weighted by atomic mass is 19.1. The van der Waals surface area contributed by atoms with Gasteiger partial charge in [-0.1, -0.05) is 12.1 Å². The Hall–Kier alpha value is -1.09. The molecule has 70 valence electrons. The lowest BCUT2D eigenvalue weighted by atomic mass is 10.0. The fourth-order valence-electron chi connectivity index (χ4n) is 1.68. The highest BCUT2D eigenvalue weighted by molar-refractivity contribution is 5.41. The molecule has 0 amide bonds. The number of fused-ring (bicyclic) bond motifs is 1. The van der Waals surface area contributed by atoms with Crippen LogP contribution in [0.15, 0.2) is 18.2 Å². The van der Waals surface area contributed by atoms with Crippen LogP contribution in [-0.4, -0.2) is 13.4 Å². The average Bonchev–Trinajstić information content (AvgIpc) is 2.19.